The van der Waals surface area contributed by atoms with E-state index in [1.165, 1.54) is 10.4 Å². The second-order valence-corrected chi connectivity index (χ2v) is 11.7. The molecule has 0 radical (unpaired) electrons. The summed E-state index contributed by atoms with van der Waals surface area (Å²) in [6.45, 7) is 6.96. The zero-order valence-electron chi connectivity index (χ0n) is 15.2. The van der Waals surface area contributed by atoms with Crippen LogP contribution in [0.15, 0.2) is 95.7 Å². The third kappa shape index (κ3) is 3.49. The summed E-state index contributed by atoms with van der Waals surface area (Å²) < 4.78 is 5.35. The van der Waals surface area contributed by atoms with E-state index < -0.39 is 8.24 Å². The Morgan fingerprint density at radius 3 is 1.44 bits per heavy atom. The summed E-state index contributed by atoms with van der Waals surface area (Å²) in [4.78, 5) is 0. The van der Waals surface area contributed by atoms with Gasteiger partial charge >= 0.3 is 0 Å². The number of nitrogens with zero attached hydrogens (tertiary/aromatic N) is 1. The lowest BCUT2D eigenvalue weighted by molar-refractivity contribution is 0.730. The van der Waals surface area contributed by atoms with E-state index in [-0.39, 0.29) is 5.04 Å². The van der Waals surface area contributed by atoms with Gasteiger partial charge in [-0.2, -0.15) is 0 Å². The van der Waals surface area contributed by atoms with Gasteiger partial charge in [-0.05, 0) is 21.0 Å². The molecule has 126 valence electrons. The zero-order chi connectivity index (χ0) is 17.8. The van der Waals surface area contributed by atoms with Crippen molar-refractivity contribution < 1.29 is 0 Å². The van der Waals surface area contributed by atoms with Gasteiger partial charge in [0.1, 0.15) is 0 Å². The molecule has 3 aromatic carbocycles. The third-order valence-corrected chi connectivity index (χ3v) is 9.70. The summed E-state index contributed by atoms with van der Waals surface area (Å²) in [5.74, 6) is 0. The van der Waals surface area contributed by atoms with Crippen LogP contribution in [0.4, 0.5) is 0 Å². The first-order valence-electron chi connectivity index (χ1n) is 8.75. The Morgan fingerprint density at radius 1 is 0.640 bits per heavy atom. The molecule has 0 spiro atoms. The van der Waals surface area contributed by atoms with Crippen LogP contribution in [0.5, 0.6) is 0 Å². The standard InChI is InChI=1S/C23H25NSi/c1-23(2,3)25(21-15-9-5-10-16-21,22-17-11-6-12-18-22)24-19-20-13-7-4-8-14-20/h4-19H,1-3H3/b24-19+. The molecular formula is C23H25NSi. The predicted octanol–water partition coefficient (Wildman–Crippen LogP) is 4.67. The fourth-order valence-corrected chi connectivity index (χ4v) is 7.89. The van der Waals surface area contributed by atoms with Crippen LogP contribution in [0.1, 0.15) is 26.3 Å². The van der Waals surface area contributed by atoms with Crippen LogP contribution in [0.25, 0.3) is 0 Å². The molecule has 2 heteroatoms. The van der Waals surface area contributed by atoms with Gasteiger partial charge in [0.05, 0.1) is 0 Å². The first-order chi connectivity index (χ1) is 12.0. The normalized spacial score (nSPS) is 12.4. The lowest BCUT2D eigenvalue weighted by atomic mass is 10.2. The Labute approximate surface area is 152 Å². The molecule has 0 N–H and O–H groups in total. The van der Waals surface area contributed by atoms with E-state index in [9.17, 15) is 0 Å². The van der Waals surface area contributed by atoms with Crippen LogP contribution in [0.3, 0.4) is 0 Å². The lowest BCUT2D eigenvalue weighted by Gasteiger charge is -2.40. The fraction of sp³-hybridized carbons (Fsp3) is 0.174. The molecule has 0 saturated carbocycles. The summed E-state index contributed by atoms with van der Waals surface area (Å²) >= 11 is 0. The Bertz CT molecular complexity index is 779. The maximum atomic E-state index is 5.35. The van der Waals surface area contributed by atoms with E-state index in [1.54, 1.807) is 0 Å². The molecule has 0 atom stereocenters. The Balaban J connectivity index is 2.24. The molecule has 0 fully saturated rings. The number of rotatable bonds is 4. The van der Waals surface area contributed by atoms with Crippen molar-refractivity contribution in [3.8, 4) is 0 Å². The number of hydrogen-bond acceptors (Lipinski definition) is 1. The van der Waals surface area contributed by atoms with Crippen molar-refractivity contribution in [2.75, 3.05) is 0 Å². The van der Waals surface area contributed by atoms with Crippen molar-refractivity contribution in [3.05, 3.63) is 96.6 Å². The Kier molecular flexibility index (Phi) is 5.00. The molecule has 0 heterocycles. The summed E-state index contributed by atoms with van der Waals surface area (Å²) in [5.41, 5.74) is 1.15. The number of benzene rings is 3. The third-order valence-electron chi connectivity index (χ3n) is 4.68. The molecule has 0 amide bonds. The minimum atomic E-state index is -2.36. The van der Waals surface area contributed by atoms with Crippen molar-refractivity contribution in [1.29, 1.82) is 0 Å². The summed E-state index contributed by atoms with van der Waals surface area (Å²) in [6.07, 6.45) is 2.07. The average molecular weight is 344 g/mol. The molecule has 0 aliphatic heterocycles. The largest absolute Gasteiger partial charge is 0.316 e. The van der Waals surface area contributed by atoms with Gasteiger partial charge < -0.3 is 4.66 Å². The van der Waals surface area contributed by atoms with E-state index >= 15 is 0 Å². The maximum Gasteiger partial charge on any atom is 0.247 e. The minimum absolute atomic E-state index is 0.0426. The van der Waals surface area contributed by atoms with Gasteiger partial charge in [-0.25, -0.2) is 0 Å². The first kappa shape index (κ1) is 17.4. The van der Waals surface area contributed by atoms with Crippen LogP contribution in [0, 0.1) is 0 Å². The van der Waals surface area contributed by atoms with Crippen LogP contribution in [-0.4, -0.2) is 14.5 Å². The molecular weight excluding hydrogens is 318 g/mol. The molecule has 0 saturated heterocycles. The second kappa shape index (κ2) is 7.20. The average Bonchev–Trinajstić information content (AvgIpc) is 2.64. The van der Waals surface area contributed by atoms with Crippen LogP contribution >= 0.6 is 0 Å². The molecule has 3 rings (SSSR count). The summed E-state index contributed by atoms with van der Waals surface area (Å²) in [7, 11) is -2.36. The first-order valence-corrected chi connectivity index (χ1v) is 10.7. The van der Waals surface area contributed by atoms with Crippen molar-refractivity contribution in [1.82, 2.24) is 0 Å². The number of hydrogen-bond donors (Lipinski definition) is 0. The van der Waals surface area contributed by atoms with E-state index in [4.69, 9.17) is 4.66 Å². The van der Waals surface area contributed by atoms with Crippen LogP contribution in [-0.2, 0) is 0 Å². The van der Waals surface area contributed by atoms with Gasteiger partial charge in [0.2, 0.25) is 8.24 Å². The fourth-order valence-electron chi connectivity index (χ4n) is 3.44. The topological polar surface area (TPSA) is 12.4 Å². The molecule has 0 aliphatic rings. The molecule has 0 aliphatic carbocycles. The minimum Gasteiger partial charge on any atom is -0.316 e. The van der Waals surface area contributed by atoms with Gasteiger partial charge in [0, 0.05) is 6.21 Å². The van der Waals surface area contributed by atoms with Crippen molar-refractivity contribution in [2.45, 2.75) is 25.8 Å². The van der Waals surface area contributed by atoms with Crippen LogP contribution < -0.4 is 10.4 Å². The van der Waals surface area contributed by atoms with Gasteiger partial charge in [-0.3, -0.25) is 0 Å². The highest BCUT2D eigenvalue weighted by atomic mass is 28.3. The monoisotopic (exact) mass is 343 g/mol. The predicted molar refractivity (Wildman–Crippen MR) is 112 cm³/mol. The highest BCUT2D eigenvalue weighted by Crippen LogP contribution is 2.36. The van der Waals surface area contributed by atoms with Crippen molar-refractivity contribution in [3.63, 3.8) is 0 Å². The Hall–Kier alpha value is -2.45. The molecule has 0 aromatic heterocycles. The lowest BCUT2D eigenvalue weighted by Crippen LogP contribution is -2.63. The SMILES string of the molecule is CC(C)(C)[Si](/N=C/c1ccccc1)(c1ccccc1)c1ccccc1. The van der Waals surface area contributed by atoms with Crippen molar-refractivity contribution >= 4 is 24.8 Å². The zero-order valence-corrected chi connectivity index (χ0v) is 16.2. The maximum absolute atomic E-state index is 5.35. The smallest absolute Gasteiger partial charge is 0.247 e. The molecule has 0 bridgehead atoms. The molecule has 1 nitrogen and oxygen atoms in total. The molecule has 3 aromatic rings. The van der Waals surface area contributed by atoms with Gasteiger partial charge in [0.25, 0.3) is 0 Å². The van der Waals surface area contributed by atoms with Crippen molar-refractivity contribution in [2.24, 2.45) is 4.66 Å². The van der Waals surface area contributed by atoms with Crippen LogP contribution in [0.2, 0.25) is 5.04 Å². The van der Waals surface area contributed by atoms with E-state index in [1.807, 2.05) is 6.07 Å². The summed E-state index contributed by atoms with van der Waals surface area (Å²) in [6, 6.07) is 32.0. The second-order valence-electron chi connectivity index (χ2n) is 7.36. The molecule has 0 unspecified atom stereocenters. The summed E-state index contributed by atoms with van der Waals surface area (Å²) in [5, 5.41) is 2.74. The molecule has 25 heavy (non-hydrogen) atoms. The quantitative estimate of drug-likeness (QED) is 0.482. The van der Waals surface area contributed by atoms with E-state index in [0.29, 0.717) is 0 Å². The van der Waals surface area contributed by atoms with Gasteiger partial charge in [-0.15, -0.1) is 0 Å². The van der Waals surface area contributed by atoms with Gasteiger partial charge in [-0.1, -0.05) is 112 Å². The Morgan fingerprint density at radius 2 is 1.04 bits per heavy atom. The highest BCUT2D eigenvalue weighted by Gasteiger charge is 2.48. The van der Waals surface area contributed by atoms with E-state index in [0.717, 1.165) is 5.56 Å². The van der Waals surface area contributed by atoms with Gasteiger partial charge in [0.15, 0.2) is 0 Å². The highest BCUT2D eigenvalue weighted by molar-refractivity contribution is 7.03. The van der Waals surface area contributed by atoms with E-state index in [2.05, 4.69) is 112 Å².